The molecule has 0 aliphatic rings. The highest BCUT2D eigenvalue weighted by Crippen LogP contribution is 2.20. The second-order valence-corrected chi connectivity index (χ2v) is 5.71. The van der Waals surface area contributed by atoms with E-state index < -0.39 is 0 Å². The molecule has 100 valence electrons. The Morgan fingerprint density at radius 3 is 2.78 bits per heavy atom. The second kappa shape index (κ2) is 7.77. The zero-order chi connectivity index (χ0) is 13.5. The van der Waals surface area contributed by atoms with Crippen molar-refractivity contribution in [3.8, 4) is 0 Å². The molecule has 0 atom stereocenters. The van der Waals surface area contributed by atoms with Crippen LogP contribution in [-0.2, 0) is 11.3 Å². The number of benzene rings is 1. The van der Waals surface area contributed by atoms with Gasteiger partial charge in [0.1, 0.15) is 0 Å². The van der Waals surface area contributed by atoms with Gasteiger partial charge in [0.25, 0.3) is 0 Å². The summed E-state index contributed by atoms with van der Waals surface area (Å²) < 4.78 is 0.965. The maximum absolute atomic E-state index is 11.4. The molecule has 1 aromatic carbocycles. The summed E-state index contributed by atoms with van der Waals surface area (Å²) in [7, 11) is 0. The molecule has 0 fully saturated rings. The van der Waals surface area contributed by atoms with Crippen LogP contribution in [0.3, 0.4) is 0 Å². The van der Waals surface area contributed by atoms with Gasteiger partial charge in [-0.3, -0.25) is 4.79 Å². The molecule has 2 N–H and O–H groups in total. The summed E-state index contributed by atoms with van der Waals surface area (Å²) in [5.41, 5.74) is 1.03. The molecule has 18 heavy (non-hydrogen) atoms. The number of carbonyl (C=O) groups is 1. The van der Waals surface area contributed by atoms with Gasteiger partial charge in [-0.2, -0.15) is 0 Å². The van der Waals surface area contributed by atoms with E-state index >= 15 is 0 Å². The lowest BCUT2D eigenvalue weighted by Gasteiger charge is -2.09. The fraction of sp³-hybridized carbons (Fsp3) is 0.462. The van der Waals surface area contributed by atoms with Crippen LogP contribution < -0.4 is 10.6 Å². The topological polar surface area (TPSA) is 41.1 Å². The van der Waals surface area contributed by atoms with Crippen LogP contribution >= 0.6 is 27.5 Å². The third-order valence-electron chi connectivity index (χ3n) is 2.31. The zero-order valence-electron chi connectivity index (χ0n) is 10.6. The molecule has 1 aromatic rings. The van der Waals surface area contributed by atoms with Crippen LogP contribution in [0.4, 0.5) is 0 Å². The third kappa shape index (κ3) is 5.85. The minimum absolute atomic E-state index is 0.0689. The molecule has 0 aliphatic carbocycles. The number of hydrogen-bond donors (Lipinski definition) is 2. The average molecular weight is 334 g/mol. The van der Waals surface area contributed by atoms with E-state index in [1.807, 2.05) is 32.0 Å². The second-order valence-electron chi connectivity index (χ2n) is 4.38. The molecular formula is C13H18BrClN2O. The van der Waals surface area contributed by atoms with Gasteiger partial charge in [0, 0.05) is 35.0 Å². The highest BCUT2D eigenvalue weighted by Gasteiger charge is 2.04. The van der Waals surface area contributed by atoms with Crippen molar-refractivity contribution in [1.82, 2.24) is 10.6 Å². The molecule has 0 saturated heterocycles. The minimum atomic E-state index is 0.0689. The van der Waals surface area contributed by atoms with Crippen LogP contribution in [0.15, 0.2) is 22.7 Å². The standard InChI is InChI=1S/C13H18BrClN2O/c1-9(2)17-13(18)5-6-16-8-10-3-4-11(14)7-12(10)15/h3-4,7,9,16H,5-6,8H2,1-2H3,(H,17,18). The molecule has 1 amide bonds. The highest BCUT2D eigenvalue weighted by atomic mass is 79.9. The quantitative estimate of drug-likeness (QED) is 0.785. The first kappa shape index (κ1) is 15.5. The van der Waals surface area contributed by atoms with Crippen molar-refractivity contribution in [1.29, 1.82) is 0 Å². The molecule has 0 aromatic heterocycles. The highest BCUT2D eigenvalue weighted by molar-refractivity contribution is 9.10. The average Bonchev–Trinajstić information content (AvgIpc) is 2.25. The van der Waals surface area contributed by atoms with E-state index in [4.69, 9.17) is 11.6 Å². The van der Waals surface area contributed by atoms with Gasteiger partial charge in [0.15, 0.2) is 0 Å². The first-order chi connectivity index (χ1) is 8.49. The molecule has 0 heterocycles. The van der Waals surface area contributed by atoms with Crippen LogP contribution in [0.1, 0.15) is 25.8 Å². The number of carbonyl (C=O) groups excluding carboxylic acids is 1. The number of halogens is 2. The molecule has 0 bridgehead atoms. The molecule has 0 aliphatic heterocycles. The van der Waals surface area contributed by atoms with Crippen molar-refractivity contribution in [3.05, 3.63) is 33.3 Å². The van der Waals surface area contributed by atoms with Gasteiger partial charge in [0.05, 0.1) is 0 Å². The largest absolute Gasteiger partial charge is 0.354 e. The van der Waals surface area contributed by atoms with Crippen molar-refractivity contribution in [2.75, 3.05) is 6.54 Å². The summed E-state index contributed by atoms with van der Waals surface area (Å²) in [6.07, 6.45) is 0.478. The van der Waals surface area contributed by atoms with Gasteiger partial charge < -0.3 is 10.6 Å². The van der Waals surface area contributed by atoms with Crippen molar-refractivity contribution in [2.24, 2.45) is 0 Å². The fourth-order valence-electron chi connectivity index (χ4n) is 1.48. The minimum Gasteiger partial charge on any atom is -0.354 e. The predicted octanol–water partition coefficient (Wildman–Crippen LogP) is 3.11. The predicted molar refractivity (Wildman–Crippen MR) is 78.8 cm³/mol. The van der Waals surface area contributed by atoms with Gasteiger partial charge in [-0.15, -0.1) is 0 Å². The van der Waals surface area contributed by atoms with Crippen LogP contribution in [0.5, 0.6) is 0 Å². The summed E-state index contributed by atoms with van der Waals surface area (Å²) in [4.78, 5) is 11.4. The van der Waals surface area contributed by atoms with Crippen molar-refractivity contribution in [3.63, 3.8) is 0 Å². The number of hydrogen-bond acceptors (Lipinski definition) is 2. The first-order valence-electron chi connectivity index (χ1n) is 5.93. The van der Waals surface area contributed by atoms with Crippen LogP contribution in [-0.4, -0.2) is 18.5 Å². The number of amides is 1. The van der Waals surface area contributed by atoms with Crippen LogP contribution in [0.25, 0.3) is 0 Å². The lowest BCUT2D eigenvalue weighted by molar-refractivity contribution is -0.121. The maximum atomic E-state index is 11.4. The Morgan fingerprint density at radius 1 is 1.44 bits per heavy atom. The summed E-state index contributed by atoms with van der Waals surface area (Å²) in [6.45, 7) is 5.21. The van der Waals surface area contributed by atoms with E-state index in [-0.39, 0.29) is 11.9 Å². The molecule has 0 spiro atoms. The Kier molecular flexibility index (Phi) is 6.68. The van der Waals surface area contributed by atoms with Gasteiger partial charge in [-0.05, 0) is 31.5 Å². The SMILES string of the molecule is CC(C)NC(=O)CCNCc1ccc(Br)cc1Cl. The van der Waals surface area contributed by atoms with Crippen molar-refractivity contribution in [2.45, 2.75) is 32.9 Å². The molecule has 0 saturated carbocycles. The third-order valence-corrected chi connectivity index (χ3v) is 3.15. The molecule has 5 heteroatoms. The fourth-order valence-corrected chi connectivity index (χ4v) is 2.22. The summed E-state index contributed by atoms with van der Waals surface area (Å²) in [5.74, 6) is 0.0689. The summed E-state index contributed by atoms with van der Waals surface area (Å²) in [5, 5.41) is 6.78. The smallest absolute Gasteiger partial charge is 0.221 e. The monoisotopic (exact) mass is 332 g/mol. The number of nitrogens with one attached hydrogen (secondary N) is 2. The van der Waals surface area contributed by atoms with Crippen molar-refractivity contribution < 1.29 is 4.79 Å². The van der Waals surface area contributed by atoms with E-state index in [0.717, 1.165) is 15.1 Å². The lowest BCUT2D eigenvalue weighted by atomic mass is 10.2. The van der Waals surface area contributed by atoms with Gasteiger partial charge >= 0.3 is 0 Å². The Balaban J connectivity index is 2.27. The molecule has 0 unspecified atom stereocenters. The van der Waals surface area contributed by atoms with Gasteiger partial charge in [-0.1, -0.05) is 33.6 Å². The Morgan fingerprint density at radius 2 is 2.17 bits per heavy atom. The summed E-state index contributed by atoms with van der Waals surface area (Å²) in [6, 6.07) is 5.98. The molecule has 3 nitrogen and oxygen atoms in total. The molecular weight excluding hydrogens is 316 g/mol. The van der Waals surface area contributed by atoms with Crippen molar-refractivity contribution >= 4 is 33.4 Å². The normalized spacial score (nSPS) is 10.7. The van der Waals surface area contributed by atoms with E-state index in [9.17, 15) is 4.79 Å². The van der Waals surface area contributed by atoms with E-state index in [2.05, 4.69) is 26.6 Å². The maximum Gasteiger partial charge on any atom is 0.221 e. The van der Waals surface area contributed by atoms with Gasteiger partial charge in [-0.25, -0.2) is 0 Å². The van der Waals surface area contributed by atoms with E-state index in [1.165, 1.54) is 0 Å². The molecule has 0 radical (unpaired) electrons. The first-order valence-corrected chi connectivity index (χ1v) is 7.10. The molecule has 1 rings (SSSR count). The Labute approximate surface area is 121 Å². The van der Waals surface area contributed by atoms with Crippen LogP contribution in [0.2, 0.25) is 5.02 Å². The Hall–Kier alpha value is -0.580. The van der Waals surface area contributed by atoms with E-state index in [0.29, 0.717) is 19.5 Å². The lowest BCUT2D eigenvalue weighted by Crippen LogP contribution is -2.32. The van der Waals surface area contributed by atoms with E-state index in [1.54, 1.807) is 0 Å². The number of rotatable bonds is 6. The Bertz CT molecular complexity index is 410. The van der Waals surface area contributed by atoms with Gasteiger partial charge in [0.2, 0.25) is 5.91 Å². The zero-order valence-corrected chi connectivity index (χ0v) is 12.9. The van der Waals surface area contributed by atoms with Crippen LogP contribution in [0, 0.1) is 0 Å². The summed E-state index contributed by atoms with van der Waals surface area (Å²) >= 11 is 9.45.